The van der Waals surface area contributed by atoms with E-state index < -0.39 is 10.0 Å². The van der Waals surface area contributed by atoms with E-state index in [1.54, 1.807) is 16.4 Å². The first-order valence-electron chi connectivity index (χ1n) is 12.4. The molecular weight excluding hydrogens is 460 g/mol. The molecule has 5 aliphatic rings. The van der Waals surface area contributed by atoms with Crippen LogP contribution in [0.5, 0.6) is 5.75 Å². The molecule has 6 nitrogen and oxygen atoms in total. The highest BCUT2D eigenvalue weighted by Gasteiger charge is 2.76. The van der Waals surface area contributed by atoms with Gasteiger partial charge in [-0.25, -0.2) is 8.42 Å². The number of amides is 1. The molecule has 33 heavy (non-hydrogen) atoms. The molecular formula is C25H33ClN2O4S. The Hall–Kier alpha value is -1.31. The third-order valence-corrected chi connectivity index (χ3v) is 12.0. The fourth-order valence-corrected chi connectivity index (χ4v) is 10.8. The second-order valence-corrected chi connectivity index (χ2v) is 13.5. The standard InChI is InChI=1S/C25H33ClN2O4S/c1-32-21-6-5-19(26)10-22(21)33(30,31)28-7-3-2-4-20(28)15-27-23(29)25-13-17-8-16-9-18(14-25)24(25,11-16)12-17/h5-6,10,16-18,20H,2-4,7-9,11-15H2,1H3,(H,27,29)/t16?,17-,18-,20?,24?,25+/m1/s1. The summed E-state index contributed by atoms with van der Waals surface area (Å²) in [7, 11) is -2.34. The van der Waals surface area contributed by atoms with Crippen molar-refractivity contribution in [2.24, 2.45) is 28.6 Å². The average Bonchev–Trinajstić information content (AvgIpc) is 3.12. The van der Waals surface area contributed by atoms with Gasteiger partial charge in [0, 0.05) is 24.2 Å². The number of sulfonamides is 1. The second-order valence-electron chi connectivity index (χ2n) is 11.2. The Morgan fingerprint density at radius 1 is 1.18 bits per heavy atom. The molecule has 6 atom stereocenters. The summed E-state index contributed by atoms with van der Waals surface area (Å²) in [6.07, 6.45) is 9.69. The quantitative estimate of drug-likeness (QED) is 0.645. The molecule has 1 aliphatic heterocycles. The lowest BCUT2D eigenvalue weighted by atomic mass is 9.46. The Balaban J connectivity index is 1.21. The van der Waals surface area contributed by atoms with E-state index in [4.69, 9.17) is 16.3 Å². The number of fused-ring (bicyclic) bond motifs is 2. The molecule has 1 saturated heterocycles. The third kappa shape index (κ3) is 3.07. The molecule has 0 radical (unpaired) electrons. The molecule has 3 unspecified atom stereocenters. The Bertz CT molecular complexity index is 1090. The summed E-state index contributed by atoms with van der Waals surface area (Å²) in [4.78, 5) is 13.7. The highest BCUT2D eigenvalue weighted by molar-refractivity contribution is 7.89. The van der Waals surface area contributed by atoms with E-state index in [9.17, 15) is 13.2 Å². The highest BCUT2D eigenvalue weighted by atomic mass is 35.5. The van der Waals surface area contributed by atoms with E-state index in [-0.39, 0.29) is 27.7 Å². The topological polar surface area (TPSA) is 75.7 Å². The van der Waals surface area contributed by atoms with Gasteiger partial charge < -0.3 is 10.1 Å². The minimum Gasteiger partial charge on any atom is -0.495 e. The molecule has 180 valence electrons. The number of halogens is 1. The number of piperidine rings is 1. The molecule has 4 saturated carbocycles. The molecule has 1 aromatic carbocycles. The number of carbonyl (C=O) groups is 1. The van der Waals surface area contributed by atoms with E-state index in [2.05, 4.69) is 5.32 Å². The average molecular weight is 493 g/mol. The number of rotatable bonds is 6. The summed E-state index contributed by atoms with van der Waals surface area (Å²) in [5.41, 5.74) is 0.0548. The van der Waals surface area contributed by atoms with E-state index in [1.807, 2.05) is 0 Å². The smallest absolute Gasteiger partial charge is 0.247 e. The summed E-state index contributed by atoms with van der Waals surface area (Å²) in [5, 5.41) is 3.61. The molecule has 1 aromatic rings. The maximum atomic E-state index is 13.6. The predicted molar refractivity (Wildman–Crippen MR) is 126 cm³/mol. The van der Waals surface area contributed by atoms with Gasteiger partial charge >= 0.3 is 0 Å². The number of benzene rings is 1. The van der Waals surface area contributed by atoms with Crippen molar-refractivity contribution in [1.82, 2.24) is 9.62 Å². The monoisotopic (exact) mass is 492 g/mol. The van der Waals surface area contributed by atoms with Gasteiger partial charge in [-0.2, -0.15) is 4.31 Å². The van der Waals surface area contributed by atoms with Crippen molar-refractivity contribution in [3.63, 3.8) is 0 Å². The van der Waals surface area contributed by atoms with Gasteiger partial charge in [-0.15, -0.1) is 0 Å². The van der Waals surface area contributed by atoms with Crippen LogP contribution in [0.3, 0.4) is 0 Å². The lowest BCUT2D eigenvalue weighted by Crippen LogP contribution is -2.61. The van der Waals surface area contributed by atoms with Crippen molar-refractivity contribution < 1.29 is 17.9 Å². The van der Waals surface area contributed by atoms with Gasteiger partial charge in [-0.1, -0.05) is 18.0 Å². The fourth-order valence-electron chi connectivity index (χ4n) is 8.64. The summed E-state index contributed by atoms with van der Waals surface area (Å²) in [5.74, 6) is 2.76. The largest absolute Gasteiger partial charge is 0.495 e. The molecule has 1 N–H and O–H groups in total. The van der Waals surface area contributed by atoms with Gasteiger partial charge in [0.25, 0.3) is 0 Å². The summed E-state index contributed by atoms with van der Waals surface area (Å²) in [6, 6.07) is 4.43. The maximum absolute atomic E-state index is 13.6. The third-order valence-electron chi connectivity index (χ3n) is 9.78. The first-order chi connectivity index (χ1) is 15.8. The van der Waals surface area contributed by atoms with Crippen molar-refractivity contribution in [3.05, 3.63) is 23.2 Å². The Morgan fingerprint density at radius 2 is 2.00 bits per heavy atom. The normalized spacial score (nSPS) is 39.2. The van der Waals surface area contributed by atoms with Crippen molar-refractivity contribution in [1.29, 1.82) is 0 Å². The van der Waals surface area contributed by atoms with E-state index >= 15 is 0 Å². The lowest BCUT2D eigenvalue weighted by molar-refractivity contribution is -0.161. The number of carbonyl (C=O) groups excluding carboxylic acids is 1. The summed E-state index contributed by atoms with van der Waals surface area (Å²) in [6.45, 7) is 0.816. The van der Waals surface area contributed by atoms with E-state index in [1.165, 1.54) is 38.9 Å². The molecule has 8 heteroatoms. The maximum Gasteiger partial charge on any atom is 0.247 e. The Morgan fingerprint density at radius 3 is 2.82 bits per heavy atom. The number of hydrogen-bond donors (Lipinski definition) is 1. The van der Waals surface area contributed by atoms with E-state index in [0.29, 0.717) is 29.8 Å². The Kier molecular flexibility index (Phi) is 5.10. The van der Waals surface area contributed by atoms with Gasteiger partial charge in [-0.05, 0) is 92.7 Å². The van der Waals surface area contributed by atoms with Gasteiger partial charge in [0.2, 0.25) is 15.9 Å². The molecule has 1 amide bonds. The zero-order chi connectivity index (χ0) is 23.0. The predicted octanol–water partition coefficient (Wildman–Crippen LogP) is 4.22. The molecule has 5 fully saturated rings. The van der Waals surface area contributed by atoms with Gasteiger partial charge in [0.15, 0.2) is 0 Å². The molecule has 1 spiro atoms. The van der Waals surface area contributed by atoms with Crippen molar-refractivity contribution >= 4 is 27.5 Å². The van der Waals surface area contributed by atoms with Crippen molar-refractivity contribution in [2.75, 3.05) is 20.2 Å². The van der Waals surface area contributed by atoms with Crippen LogP contribution in [0.4, 0.5) is 0 Å². The first-order valence-corrected chi connectivity index (χ1v) is 14.2. The van der Waals surface area contributed by atoms with Crippen LogP contribution in [-0.2, 0) is 14.8 Å². The molecule has 6 rings (SSSR count). The summed E-state index contributed by atoms with van der Waals surface area (Å²) >= 11 is 6.13. The van der Waals surface area contributed by atoms with Crippen LogP contribution in [0.15, 0.2) is 23.1 Å². The number of nitrogens with zero attached hydrogens (tertiary/aromatic N) is 1. The number of ether oxygens (including phenoxy) is 1. The SMILES string of the molecule is COc1ccc(Cl)cc1S(=O)(=O)N1CCCCC1CNC(=O)[C@]12C[C@@H]3CC4C[C@H](C1)C2(C4)C3. The molecule has 4 aliphatic carbocycles. The van der Waals surface area contributed by atoms with Crippen LogP contribution >= 0.6 is 11.6 Å². The highest BCUT2D eigenvalue weighted by Crippen LogP contribution is 2.81. The summed E-state index contributed by atoms with van der Waals surface area (Å²) < 4.78 is 34.1. The lowest BCUT2D eigenvalue weighted by Gasteiger charge is -2.57. The minimum atomic E-state index is -3.80. The minimum absolute atomic E-state index is 0.0941. The second kappa shape index (κ2) is 7.59. The van der Waals surface area contributed by atoms with Gasteiger partial charge in [0.1, 0.15) is 10.6 Å². The van der Waals surface area contributed by atoms with Crippen molar-refractivity contribution in [2.45, 2.75) is 68.7 Å². The first kappa shape index (κ1) is 22.2. The Labute approximate surface area is 201 Å². The number of nitrogens with one attached hydrogen (secondary N) is 1. The zero-order valence-electron chi connectivity index (χ0n) is 19.2. The van der Waals surface area contributed by atoms with Crippen LogP contribution in [-0.4, -0.2) is 44.9 Å². The van der Waals surface area contributed by atoms with Crippen LogP contribution < -0.4 is 10.1 Å². The van der Waals surface area contributed by atoms with E-state index in [0.717, 1.165) is 43.9 Å². The van der Waals surface area contributed by atoms with Crippen LogP contribution in [0, 0.1) is 28.6 Å². The van der Waals surface area contributed by atoms with Gasteiger partial charge in [-0.3, -0.25) is 4.79 Å². The van der Waals surface area contributed by atoms with Crippen LogP contribution in [0.1, 0.15) is 57.8 Å². The fraction of sp³-hybridized carbons (Fsp3) is 0.720. The number of hydrogen-bond acceptors (Lipinski definition) is 4. The van der Waals surface area contributed by atoms with Crippen LogP contribution in [0.25, 0.3) is 0 Å². The van der Waals surface area contributed by atoms with Crippen molar-refractivity contribution in [3.8, 4) is 5.75 Å². The molecule has 1 heterocycles. The zero-order valence-corrected chi connectivity index (χ0v) is 20.8. The molecule has 0 aromatic heterocycles. The number of methoxy groups -OCH3 is 1. The molecule has 3 bridgehead atoms. The van der Waals surface area contributed by atoms with Crippen LogP contribution in [0.2, 0.25) is 5.02 Å². The van der Waals surface area contributed by atoms with Gasteiger partial charge in [0.05, 0.1) is 12.5 Å².